The zero-order valence-electron chi connectivity index (χ0n) is 11.9. The van der Waals surface area contributed by atoms with Gasteiger partial charge in [0.25, 0.3) is 5.91 Å². The summed E-state index contributed by atoms with van der Waals surface area (Å²) in [7, 11) is 0. The molecule has 5 nitrogen and oxygen atoms in total. The summed E-state index contributed by atoms with van der Waals surface area (Å²) in [5.41, 5.74) is 5.57. The molecule has 0 atom stereocenters. The first kappa shape index (κ1) is 15.8. The molecule has 0 fully saturated rings. The number of aliphatic imine (C=N–C) groups is 1. The van der Waals surface area contributed by atoms with Crippen molar-refractivity contribution >= 4 is 46.2 Å². The monoisotopic (exact) mass is 323 g/mol. The van der Waals surface area contributed by atoms with E-state index in [4.69, 9.17) is 5.73 Å². The predicted octanol–water partition coefficient (Wildman–Crippen LogP) is 2.16. The Hall–Kier alpha value is -1.60. The largest absolute Gasteiger partial charge is 0.369 e. The number of primary amides is 1. The Bertz CT molecular complexity index is 591. The molecule has 0 spiro atoms. The maximum atomic E-state index is 12.4. The fourth-order valence-corrected chi connectivity index (χ4v) is 3.21. The fraction of sp³-hybridized carbons (Fsp3) is 0.357. The average Bonchev–Trinajstić information content (AvgIpc) is 3.00. The second kappa shape index (κ2) is 6.91. The van der Waals surface area contributed by atoms with Crippen molar-refractivity contribution in [2.24, 2.45) is 16.6 Å². The Balaban J connectivity index is 2.23. The molecule has 0 unspecified atom stereocenters. The molecule has 112 valence electrons. The minimum Gasteiger partial charge on any atom is -0.369 e. The zero-order valence-corrected chi connectivity index (χ0v) is 13.5. The Labute approximate surface area is 131 Å². The molecule has 21 heavy (non-hydrogen) atoms. The normalized spacial score (nSPS) is 16.9. The lowest BCUT2D eigenvalue weighted by atomic mass is 10.2. The first-order valence-corrected chi connectivity index (χ1v) is 8.40. The van der Waals surface area contributed by atoms with E-state index in [1.54, 1.807) is 22.3 Å². The number of thiophene rings is 1. The molecule has 7 heteroatoms. The lowest BCUT2D eigenvalue weighted by molar-refractivity contribution is -0.123. The summed E-state index contributed by atoms with van der Waals surface area (Å²) in [4.78, 5) is 30.3. The SMILES string of the molecule is CC(C)CN1C(=O)C(=Cc2cccs2)N=C1SCC(N)=O. The van der Waals surface area contributed by atoms with Crippen LogP contribution in [0, 0.1) is 5.92 Å². The van der Waals surface area contributed by atoms with Gasteiger partial charge in [-0.25, -0.2) is 4.99 Å². The number of hydrogen-bond acceptors (Lipinski definition) is 5. The standard InChI is InChI=1S/C14H17N3O2S2/c1-9(2)7-17-13(19)11(6-10-4-3-5-20-10)16-14(17)21-8-12(15)18/h3-6,9H,7-8H2,1-2H3,(H2,15,18). The Kier molecular flexibility index (Phi) is 5.19. The smallest absolute Gasteiger partial charge is 0.278 e. The molecule has 2 heterocycles. The Morgan fingerprint density at radius 1 is 1.57 bits per heavy atom. The molecule has 1 aromatic heterocycles. The molecule has 0 saturated carbocycles. The van der Waals surface area contributed by atoms with Crippen molar-refractivity contribution in [3.05, 3.63) is 28.1 Å². The van der Waals surface area contributed by atoms with E-state index < -0.39 is 5.91 Å². The van der Waals surface area contributed by atoms with Crippen LogP contribution in [0.25, 0.3) is 6.08 Å². The number of carbonyl (C=O) groups excluding carboxylic acids is 2. The van der Waals surface area contributed by atoms with Crippen molar-refractivity contribution in [3.8, 4) is 0 Å². The van der Waals surface area contributed by atoms with Crippen LogP contribution in [0.4, 0.5) is 0 Å². The van der Waals surface area contributed by atoms with Crippen LogP contribution in [0.2, 0.25) is 0 Å². The molecule has 1 aliphatic rings. The number of thioether (sulfide) groups is 1. The summed E-state index contributed by atoms with van der Waals surface area (Å²) < 4.78 is 0. The third-order valence-electron chi connectivity index (χ3n) is 2.62. The van der Waals surface area contributed by atoms with Gasteiger partial charge in [0.1, 0.15) is 5.70 Å². The van der Waals surface area contributed by atoms with E-state index >= 15 is 0 Å². The van der Waals surface area contributed by atoms with Gasteiger partial charge in [0.05, 0.1) is 5.75 Å². The van der Waals surface area contributed by atoms with Crippen LogP contribution in [-0.4, -0.2) is 34.2 Å². The Morgan fingerprint density at radius 2 is 2.33 bits per heavy atom. The van der Waals surface area contributed by atoms with Gasteiger partial charge in [-0.1, -0.05) is 31.7 Å². The molecule has 0 aliphatic carbocycles. The molecule has 1 aliphatic heterocycles. The van der Waals surface area contributed by atoms with Crippen LogP contribution in [0.1, 0.15) is 18.7 Å². The molecule has 0 saturated heterocycles. The molecule has 1 aromatic rings. The summed E-state index contributed by atoms with van der Waals surface area (Å²) in [5, 5.41) is 2.50. The predicted molar refractivity (Wildman–Crippen MR) is 87.9 cm³/mol. The minimum atomic E-state index is -0.421. The number of amides is 2. The van der Waals surface area contributed by atoms with Gasteiger partial charge in [0.15, 0.2) is 5.17 Å². The average molecular weight is 323 g/mol. The second-order valence-corrected chi connectivity index (χ2v) is 6.93. The number of amidine groups is 1. The fourth-order valence-electron chi connectivity index (χ4n) is 1.81. The molecule has 0 aromatic carbocycles. The lowest BCUT2D eigenvalue weighted by Gasteiger charge is -2.19. The topological polar surface area (TPSA) is 75.8 Å². The van der Waals surface area contributed by atoms with Crippen molar-refractivity contribution in [1.82, 2.24) is 4.90 Å². The number of hydrogen-bond donors (Lipinski definition) is 1. The molecule has 0 bridgehead atoms. The van der Waals surface area contributed by atoms with Crippen LogP contribution >= 0.6 is 23.1 Å². The van der Waals surface area contributed by atoms with E-state index in [9.17, 15) is 9.59 Å². The van der Waals surface area contributed by atoms with Crippen LogP contribution in [-0.2, 0) is 9.59 Å². The summed E-state index contributed by atoms with van der Waals surface area (Å²) in [6.07, 6.45) is 1.78. The van der Waals surface area contributed by atoms with E-state index in [0.717, 1.165) is 4.88 Å². The van der Waals surface area contributed by atoms with Gasteiger partial charge in [-0.15, -0.1) is 11.3 Å². The first-order valence-electron chi connectivity index (χ1n) is 6.54. The molecular weight excluding hydrogens is 306 g/mol. The molecule has 2 rings (SSSR count). The third kappa shape index (κ3) is 4.18. The maximum Gasteiger partial charge on any atom is 0.278 e. The highest BCUT2D eigenvalue weighted by Crippen LogP contribution is 2.25. The van der Waals surface area contributed by atoms with Gasteiger partial charge in [0, 0.05) is 11.4 Å². The van der Waals surface area contributed by atoms with Crippen molar-refractivity contribution in [1.29, 1.82) is 0 Å². The third-order valence-corrected chi connectivity index (χ3v) is 4.44. The van der Waals surface area contributed by atoms with Crippen molar-refractivity contribution in [2.45, 2.75) is 13.8 Å². The van der Waals surface area contributed by atoms with E-state index in [0.29, 0.717) is 23.3 Å². The molecule has 2 N–H and O–H groups in total. The molecular formula is C14H17N3O2S2. The summed E-state index contributed by atoms with van der Waals surface area (Å²) in [6.45, 7) is 4.64. The van der Waals surface area contributed by atoms with E-state index in [2.05, 4.69) is 4.99 Å². The van der Waals surface area contributed by atoms with Gasteiger partial charge in [0.2, 0.25) is 5.91 Å². The van der Waals surface area contributed by atoms with Crippen LogP contribution in [0.15, 0.2) is 28.2 Å². The summed E-state index contributed by atoms with van der Waals surface area (Å²) >= 11 is 2.75. The van der Waals surface area contributed by atoms with Gasteiger partial charge in [-0.05, 0) is 23.4 Å². The van der Waals surface area contributed by atoms with Crippen LogP contribution in [0.3, 0.4) is 0 Å². The highest BCUT2D eigenvalue weighted by Gasteiger charge is 2.31. The van der Waals surface area contributed by atoms with Gasteiger partial charge < -0.3 is 5.73 Å². The first-order chi connectivity index (χ1) is 9.97. The highest BCUT2D eigenvalue weighted by molar-refractivity contribution is 8.14. The van der Waals surface area contributed by atoms with E-state index in [-0.39, 0.29) is 11.7 Å². The number of nitrogens with two attached hydrogens (primary N) is 1. The summed E-state index contributed by atoms with van der Waals surface area (Å²) in [5.74, 6) is -0.110. The summed E-state index contributed by atoms with van der Waals surface area (Å²) in [6, 6.07) is 3.86. The quantitative estimate of drug-likeness (QED) is 0.844. The minimum absolute atomic E-state index is 0.118. The second-order valence-electron chi connectivity index (χ2n) is 5.00. The number of carbonyl (C=O) groups is 2. The van der Waals surface area contributed by atoms with Crippen LogP contribution < -0.4 is 5.73 Å². The van der Waals surface area contributed by atoms with Crippen molar-refractivity contribution in [2.75, 3.05) is 12.3 Å². The maximum absolute atomic E-state index is 12.4. The van der Waals surface area contributed by atoms with E-state index in [1.165, 1.54) is 11.8 Å². The molecule has 0 radical (unpaired) electrons. The van der Waals surface area contributed by atoms with Gasteiger partial charge in [-0.2, -0.15) is 0 Å². The number of rotatable bonds is 5. The Morgan fingerprint density at radius 3 is 2.90 bits per heavy atom. The molecule has 2 amide bonds. The van der Waals surface area contributed by atoms with Crippen molar-refractivity contribution in [3.63, 3.8) is 0 Å². The van der Waals surface area contributed by atoms with Crippen LogP contribution in [0.5, 0.6) is 0 Å². The van der Waals surface area contributed by atoms with Crippen molar-refractivity contribution < 1.29 is 9.59 Å². The highest BCUT2D eigenvalue weighted by atomic mass is 32.2. The van der Waals surface area contributed by atoms with Gasteiger partial charge >= 0.3 is 0 Å². The number of nitrogens with zero attached hydrogens (tertiary/aromatic N) is 2. The zero-order chi connectivity index (χ0) is 15.4. The lowest BCUT2D eigenvalue weighted by Crippen LogP contribution is -2.34. The van der Waals surface area contributed by atoms with E-state index in [1.807, 2.05) is 31.4 Å². The van der Waals surface area contributed by atoms with Gasteiger partial charge in [-0.3, -0.25) is 14.5 Å².